The van der Waals surface area contributed by atoms with E-state index in [1.54, 1.807) is 6.33 Å². The number of amides is 1. The summed E-state index contributed by atoms with van der Waals surface area (Å²) in [5.74, 6) is 1.03. The topological polar surface area (TPSA) is 66.9 Å². The minimum atomic E-state index is 0.0394. The molecule has 5 nitrogen and oxygen atoms in total. The molecule has 27 heavy (non-hydrogen) atoms. The monoisotopic (exact) mass is 360 g/mol. The van der Waals surface area contributed by atoms with Gasteiger partial charge in [-0.2, -0.15) is 0 Å². The van der Waals surface area contributed by atoms with E-state index in [1.165, 1.54) is 0 Å². The molecule has 1 amide bonds. The number of benzene rings is 2. The Bertz CT molecular complexity index is 993. The normalized spacial score (nSPS) is 18.7. The van der Waals surface area contributed by atoms with Crippen molar-refractivity contribution in [1.82, 2.24) is 9.97 Å². The Hall–Kier alpha value is -2.95. The molecule has 2 atom stereocenters. The van der Waals surface area contributed by atoms with Crippen LogP contribution in [0.3, 0.4) is 0 Å². The van der Waals surface area contributed by atoms with Gasteiger partial charge >= 0.3 is 0 Å². The number of anilines is 2. The van der Waals surface area contributed by atoms with E-state index in [-0.39, 0.29) is 23.3 Å². The van der Waals surface area contributed by atoms with Crippen molar-refractivity contribution in [3.05, 3.63) is 60.4 Å². The second-order valence-corrected chi connectivity index (χ2v) is 7.97. The number of hydrogen-bond acceptors (Lipinski definition) is 4. The Morgan fingerprint density at radius 1 is 1.15 bits per heavy atom. The average Bonchev–Trinajstić information content (AvgIpc) is 3.31. The maximum atomic E-state index is 12.4. The van der Waals surface area contributed by atoms with Gasteiger partial charge in [-0.05, 0) is 48.6 Å². The fourth-order valence-electron chi connectivity index (χ4n) is 3.44. The summed E-state index contributed by atoms with van der Waals surface area (Å²) in [5.41, 5.74) is 2.96. The zero-order chi connectivity index (χ0) is 19.0. The molecule has 0 radical (unpaired) electrons. The number of hydrogen-bond donors (Lipinski definition) is 2. The Balaban J connectivity index is 1.50. The Kier molecular flexibility index (Phi) is 4.30. The number of carbonyl (C=O) groups is 1. The maximum absolute atomic E-state index is 12.4. The van der Waals surface area contributed by atoms with Crippen LogP contribution in [0.4, 0.5) is 11.5 Å². The zero-order valence-electron chi connectivity index (χ0n) is 15.9. The predicted octanol–water partition coefficient (Wildman–Crippen LogP) is 4.79. The molecule has 2 N–H and O–H groups in total. The zero-order valence-corrected chi connectivity index (χ0v) is 15.9. The van der Waals surface area contributed by atoms with E-state index in [1.807, 2.05) is 42.5 Å². The van der Waals surface area contributed by atoms with Crippen LogP contribution in [0.5, 0.6) is 0 Å². The molecule has 5 heteroatoms. The maximum Gasteiger partial charge on any atom is 0.228 e. The molecule has 138 valence electrons. The van der Waals surface area contributed by atoms with E-state index in [0.717, 1.165) is 34.4 Å². The van der Waals surface area contributed by atoms with Crippen LogP contribution in [0, 0.1) is 11.3 Å². The third kappa shape index (κ3) is 3.63. The standard InChI is InChI=1S/C22H24N4O/c1-14(25-20-17-9-4-5-10-19(17)23-13-24-20)15-7-6-8-16(11-15)26-21(27)18-12-22(18,2)3/h4-11,13-14,18H,12H2,1-3H3,(H,26,27)(H,23,24,25). The highest BCUT2D eigenvalue weighted by Gasteiger charge is 2.50. The van der Waals surface area contributed by atoms with Gasteiger partial charge in [0.2, 0.25) is 5.91 Å². The number of rotatable bonds is 5. The first-order chi connectivity index (χ1) is 12.9. The lowest BCUT2D eigenvalue weighted by Gasteiger charge is -2.17. The molecule has 1 aliphatic carbocycles. The van der Waals surface area contributed by atoms with E-state index in [2.05, 4.69) is 47.4 Å². The van der Waals surface area contributed by atoms with Crippen molar-refractivity contribution in [3.8, 4) is 0 Å². The van der Waals surface area contributed by atoms with Gasteiger partial charge in [0.15, 0.2) is 0 Å². The highest BCUT2D eigenvalue weighted by atomic mass is 16.2. The smallest absolute Gasteiger partial charge is 0.228 e. The third-order valence-electron chi connectivity index (χ3n) is 5.38. The van der Waals surface area contributed by atoms with Gasteiger partial charge in [-0.3, -0.25) is 4.79 Å². The lowest BCUT2D eigenvalue weighted by atomic mass is 10.1. The molecule has 0 spiro atoms. The first-order valence-corrected chi connectivity index (χ1v) is 9.31. The number of carbonyl (C=O) groups excluding carboxylic acids is 1. The van der Waals surface area contributed by atoms with Crippen molar-refractivity contribution in [1.29, 1.82) is 0 Å². The number of fused-ring (bicyclic) bond motifs is 1. The first kappa shape index (κ1) is 17.5. The van der Waals surface area contributed by atoms with Gasteiger partial charge < -0.3 is 10.6 Å². The highest BCUT2D eigenvalue weighted by Crippen LogP contribution is 2.52. The predicted molar refractivity (Wildman–Crippen MR) is 109 cm³/mol. The molecule has 0 bridgehead atoms. The molecular weight excluding hydrogens is 336 g/mol. The molecule has 0 aliphatic heterocycles. The van der Waals surface area contributed by atoms with Gasteiger partial charge in [0, 0.05) is 17.0 Å². The van der Waals surface area contributed by atoms with Crippen LogP contribution in [0.2, 0.25) is 0 Å². The SMILES string of the molecule is CC(Nc1ncnc2ccccc12)c1cccc(NC(=O)C2CC2(C)C)c1. The van der Waals surface area contributed by atoms with Crippen LogP contribution >= 0.6 is 0 Å². The van der Waals surface area contributed by atoms with Gasteiger partial charge in [0.1, 0.15) is 12.1 Å². The third-order valence-corrected chi connectivity index (χ3v) is 5.38. The minimum Gasteiger partial charge on any atom is -0.363 e. The van der Waals surface area contributed by atoms with Crippen molar-refractivity contribution in [3.63, 3.8) is 0 Å². The van der Waals surface area contributed by atoms with Gasteiger partial charge in [-0.15, -0.1) is 0 Å². The largest absolute Gasteiger partial charge is 0.363 e. The van der Waals surface area contributed by atoms with Crippen molar-refractivity contribution in [2.24, 2.45) is 11.3 Å². The summed E-state index contributed by atoms with van der Waals surface area (Å²) >= 11 is 0. The van der Waals surface area contributed by atoms with Gasteiger partial charge in [0.25, 0.3) is 0 Å². The molecule has 3 aromatic rings. The number of nitrogens with zero attached hydrogens (tertiary/aromatic N) is 2. The highest BCUT2D eigenvalue weighted by molar-refractivity contribution is 5.95. The van der Waals surface area contributed by atoms with Crippen LogP contribution in [0.25, 0.3) is 10.9 Å². The molecule has 2 unspecified atom stereocenters. The molecule has 0 saturated heterocycles. The summed E-state index contributed by atoms with van der Waals surface area (Å²) in [6.45, 7) is 6.35. The van der Waals surface area contributed by atoms with Crippen molar-refractivity contribution in [2.75, 3.05) is 10.6 Å². The van der Waals surface area contributed by atoms with E-state index in [4.69, 9.17) is 0 Å². The van der Waals surface area contributed by atoms with Crippen LogP contribution in [-0.2, 0) is 4.79 Å². The van der Waals surface area contributed by atoms with Gasteiger partial charge in [-0.25, -0.2) is 9.97 Å². The van der Waals surface area contributed by atoms with Crippen molar-refractivity contribution in [2.45, 2.75) is 33.2 Å². The van der Waals surface area contributed by atoms with Crippen LogP contribution in [-0.4, -0.2) is 15.9 Å². The average molecular weight is 360 g/mol. The lowest BCUT2D eigenvalue weighted by molar-refractivity contribution is -0.118. The molecule has 2 aromatic carbocycles. The number of nitrogens with one attached hydrogen (secondary N) is 2. The summed E-state index contributed by atoms with van der Waals surface area (Å²) < 4.78 is 0. The summed E-state index contributed by atoms with van der Waals surface area (Å²) in [7, 11) is 0. The van der Waals surface area contributed by atoms with E-state index in [9.17, 15) is 4.79 Å². The molecule has 1 aliphatic rings. The van der Waals surface area contributed by atoms with E-state index in [0.29, 0.717) is 0 Å². The van der Waals surface area contributed by atoms with Crippen molar-refractivity contribution >= 4 is 28.3 Å². The Morgan fingerprint density at radius 2 is 1.93 bits per heavy atom. The summed E-state index contributed by atoms with van der Waals surface area (Å²) in [6, 6.07) is 16.0. The van der Waals surface area contributed by atoms with Gasteiger partial charge in [0.05, 0.1) is 11.6 Å². The van der Waals surface area contributed by atoms with Crippen LogP contribution in [0.15, 0.2) is 54.9 Å². The minimum absolute atomic E-state index is 0.0394. The van der Waals surface area contributed by atoms with E-state index < -0.39 is 0 Å². The second-order valence-electron chi connectivity index (χ2n) is 7.97. The molecule has 1 saturated carbocycles. The Labute approximate surface area is 159 Å². The summed E-state index contributed by atoms with van der Waals surface area (Å²) in [6.07, 6.45) is 2.53. The lowest BCUT2D eigenvalue weighted by Crippen LogP contribution is -2.17. The van der Waals surface area contributed by atoms with Gasteiger partial charge in [-0.1, -0.05) is 38.1 Å². The molecule has 1 fully saturated rings. The molecule has 1 aromatic heterocycles. The Morgan fingerprint density at radius 3 is 2.70 bits per heavy atom. The fourth-order valence-corrected chi connectivity index (χ4v) is 3.44. The molecule has 4 rings (SSSR count). The van der Waals surface area contributed by atoms with Crippen LogP contribution < -0.4 is 10.6 Å². The summed E-state index contributed by atoms with van der Waals surface area (Å²) in [5, 5.41) is 7.51. The second kappa shape index (κ2) is 6.65. The molecule has 1 heterocycles. The quantitative estimate of drug-likeness (QED) is 0.687. The molecular formula is C22H24N4O. The first-order valence-electron chi connectivity index (χ1n) is 9.31. The number of aromatic nitrogens is 2. The fraction of sp³-hybridized carbons (Fsp3) is 0.318. The number of para-hydroxylation sites is 1. The summed E-state index contributed by atoms with van der Waals surface area (Å²) in [4.78, 5) is 21.1. The van der Waals surface area contributed by atoms with Crippen LogP contribution in [0.1, 0.15) is 38.8 Å². The van der Waals surface area contributed by atoms with E-state index >= 15 is 0 Å². The van der Waals surface area contributed by atoms with Crippen molar-refractivity contribution < 1.29 is 4.79 Å².